The minimum Gasteiger partial charge on any atom is -0.319 e. The van der Waals surface area contributed by atoms with Crippen molar-refractivity contribution in [3.05, 3.63) is 29.8 Å². The number of aldehydes is 1. The lowest BCUT2D eigenvalue weighted by Crippen LogP contribution is -2.03. The highest BCUT2D eigenvalue weighted by Gasteiger charge is 2.11. The first-order valence-electron chi connectivity index (χ1n) is 4.56. The van der Waals surface area contributed by atoms with Gasteiger partial charge in [-0.2, -0.15) is 0 Å². The molecule has 0 spiro atoms. The Balaban J connectivity index is 3.00. The van der Waals surface area contributed by atoms with Crippen molar-refractivity contribution in [1.29, 1.82) is 0 Å². The van der Waals surface area contributed by atoms with Crippen molar-refractivity contribution in [2.24, 2.45) is 0 Å². The summed E-state index contributed by atoms with van der Waals surface area (Å²) in [5.41, 5.74) is 0.970. The lowest BCUT2D eigenvalue weighted by atomic mass is 10.0. The predicted octanol–water partition coefficient (Wildman–Crippen LogP) is 2.24. The van der Waals surface area contributed by atoms with E-state index in [1.807, 2.05) is 31.2 Å². The van der Waals surface area contributed by atoms with Crippen LogP contribution in [0.2, 0.25) is 0 Å². The van der Waals surface area contributed by atoms with Crippen LogP contribution in [-0.2, 0) is 9.36 Å². The molecule has 3 heteroatoms. The second-order valence-corrected chi connectivity index (χ2v) is 7.09. The third kappa shape index (κ3) is 2.55. The molecule has 0 aliphatic heterocycles. The lowest BCUT2D eigenvalue weighted by molar-refractivity contribution is -0.108. The summed E-state index contributed by atoms with van der Waals surface area (Å²) in [5.74, 6) is -0.0860. The Bertz CT molecular complexity index is 361. The topological polar surface area (TPSA) is 34.1 Å². The summed E-state index contributed by atoms with van der Waals surface area (Å²) in [6, 6.07) is 7.42. The third-order valence-electron chi connectivity index (χ3n) is 2.24. The molecule has 0 radical (unpaired) electrons. The molecule has 0 aliphatic carbocycles. The fraction of sp³-hybridized carbons (Fsp3) is 0.364. The van der Waals surface area contributed by atoms with Gasteiger partial charge in [-0.05, 0) is 18.9 Å². The Hall–Kier alpha value is -0.880. The normalized spacial score (nSPS) is 13.6. The van der Waals surface area contributed by atoms with E-state index < -0.39 is 7.14 Å². The molecule has 1 aromatic carbocycles. The van der Waals surface area contributed by atoms with Crippen LogP contribution in [0.3, 0.4) is 0 Å². The van der Waals surface area contributed by atoms with Gasteiger partial charge in [0.25, 0.3) is 0 Å². The molecular formula is C11H15O2P. The highest BCUT2D eigenvalue weighted by atomic mass is 31.2. The van der Waals surface area contributed by atoms with E-state index in [9.17, 15) is 9.36 Å². The zero-order chi connectivity index (χ0) is 10.8. The summed E-state index contributed by atoms with van der Waals surface area (Å²) in [6.07, 6.45) is 0.909. The summed E-state index contributed by atoms with van der Waals surface area (Å²) in [5, 5.41) is 0.861. The zero-order valence-electron chi connectivity index (χ0n) is 8.73. The molecule has 2 nitrogen and oxygen atoms in total. The molecule has 1 aromatic rings. The molecular weight excluding hydrogens is 195 g/mol. The maximum atomic E-state index is 11.7. The van der Waals surface area contributed by atoms with Gasteiger partial charge in [0, 0.05) is 11.2 Å². The van der Waals surface area contributed by atoms with Gasteiger partial charge in [-0.3, -0.25) is 0 Å². The van der Waals surface area contributed by atoms with Gasteiger partial charge in [0.1, 0.15) is 13.4 Å². The van der Waals surface area contributed by atoms with E-state index in [1.165, 1.54) is 0 Å². The smallest absolute Gasteiger partial charge is 0.127 e. The van der Waals surface area contributed by atoms with Crippen LogP contribution in [-0.4, -0.2) is 19.6 Å². The van der Waals surface area contributed by atoms with E-state index in [-0.39, 0.29) is 5.92 Å². The fourth-order valence-corrected chi connectivity index (χ4v) is 2.08. The Morgan fingerprint density at radius 2 is 1.71 bits per heavy atom. The van der Waals surface area contributed by atoms with Gasteiger partial charge < -0.3 is 9.36 Å². The molecule has 0 saturated carbocycles. The van der Waals surface area contributed by atoms with E-state index in [0.29, 0.717) is 0 Å². The third-order valence-corrected chi connectivity index (χ3v) is 3.79. The van der Waals surface area contributed by atoms with Crippen molar-refractivity contribution in [3.8, 4) is 0 Å². The minimum absolute atomic E-state index is 0.0860. The number of rotatable bonds is 3. The quantitative estimate of drug-likeness (QED) is 0.566. The summed E-state index contributed by atoms with van der Waals surface area (Å²) < 4.78 is 11.7. The monoisotopic (exact) mass is 210 g/mol. The molecule has 0 amide bonds. The van der Waals surface area contributed by atoms with E-state index >= 15 is 0 Å². The second kappa shape index (κ2) is 4.10. The molecule has 76 valence electrons. The van der Waals surface area contributed by atoms with E-state index in [1.54, 1.807) is 13.3 Å². The Morgan fingerprint density at radius 1 is 1.21 bits per heavy atom. The van der Waals surface area contributed by atoms with Crippen LogP contribution >= 0.6 is 7.14 Å². The maximum absolute atomic E-state index is 11.7. The first-order valence-corrected chi connectivity index (χ1v) is 7.16. The van der Waals surface area contributed by atoms with E-state index in [0.717, 1.165) is 17.2 Å². The molecule has 1 atom stereocenters. The molecule has 1 unspecified atom stereocenters. The van der Waals surface area contributed by atoms with Crippen molar-refractivity contribution in [2.75, 3.05) is 13.3 Å². The molecule has 1 rings (SSSR count). The van der Waals surface area contributed by atoms with E-state index in [4.69, 9.17) is 0 Å². The summed E-state index contributed by atoms with van der Waals surface area (Å²) >= 11 is 0. The summed E-state index contributed by atoms with van der Waals surface area (Å²) in [4.78, 5) is 10.5. The molecule has 0 N–H and O–H groups in total. The molecule has 14 heavy (non-hydrogen) atoms. The molecule has 0 bridgehead atoms. The Morgan fingerprint density at radius 3 is 2.07 bits per heavy atom. The average molecular weight is 210 g/mol. The van der Waals surface area contributed by atoms with Crippen LogP contribution in [0.4, 0.5) is 0 Å². The Labute approximate surface area is 84.7 Å². The van der Waals surface area contributed by atoms with Gasteiger partial charge in [-0.1, -0.05) is 31.2 Å². The number of hydrogen-bond donors (Lipinski definition) is 0. The van der Waals surface area contributed by atoms with Crippen molar-refractivity contribution in [3.63, 3.8) is 0 Å². The van der Waals surface area contributed by atoms with E-state index in [2.05, 4.69) is 0 Å². The standard InChI is InChI=1S/C11H15O2P/c1-9(8-12)10-4-6-11(7-5-10)14(2,3)13/h4-9H,1-3H3. The summed E-state index contributed by atoms with van der Waals surface area (Å²) in [7, 11) is -2.16. The van der Waals surface area contributed by atoms with Gasteiger partial charge in [0.15, 0.2) is 0 Å². The molecule has 0 saturated heterocycles. The van der Waals surface area contributed by atoms with Crippen LogP contribution in [0, 0.1) is 0 Å². The maximum Gasteiger partial charge on any atom is 0.127 e. The minimum atomic E-state index is -2.16. The van der Waals surface area contributed by atoms with Crippen molar-refractivity contribution >= 4 is 18.7 Å². The number of carbonyl (C=O) groups is 1. The average Bonchev–Trinajstić information content (AvgIpc) is 2.15. The molecule has 0 fully saturated rings. The molecule has 0 heterocycles. The van der Waals surface area contributed by atoms with Crippen LogP contribution in [0.5, 0.6) is 0 Å². The predicted molar refractivity (Wildman–Crippen MR) is 60.0 cm³/mol. The van der Waals surface area contributed by atoms with Crippen molar-refractivity contribution in [2.45, 2.75) is 12.8 Å². The first kappa shape index (κ1) is 11.2. The highest BCUT2D eigenvalue weighted by molar-refractivity contribution is 7.70. The Kier molecular flexibility index (Phi) is 3.28. The number of benzene rings is 1. The van der Waals surface area contributed by atoms with Gasteiger partial charge in [0.2, 0.25) is 0 Å². The molecule has 0 aliphatic rings. The summed E-state index contributed by atoms with van der Waals surface area (Å²) in [6.45, 7) is 5.33. The van der Waals surface area contributed by atoms with Gasteiger partial charge in [-0.25, -0.2) is 0 Å². The van der Waals surface area contributed by atoms with Crippen molar-refractivity contribution < 1.29 is 9.36 Å². The number of hydrogen-bond acceptors (Lipinski definition) is 2. The van der Waals surface area contributed by atoms with Gasteiger partial charge in [0.05, 0.1) is 0 Å². The van der Waals surface area contributed by atoms with Crippen LogP contribution in [0.15, 0.2) is 24.3 Å². The van der Waals surface area contributed by atoms with Crippen LogP contribution < -0.4 is 5.30 Å². The van der Waals surface area contributed by atoms with Crippen molar-refractivity contribution in [1.82, 2.24) is 0 Å². The van der Waals surface area contributed by atoms with Gasteiger partial charge >= 0.3 is 0 Å². The highest BCUT2D eigenvalue weighted by Crippen LogP contribution is 2.34. The fourth-order valence-electron chi connectivity index (χ4n) is 1.22. The number of carbonyl (C=O) groups excluding carboxylic acids is 1. The zero-order valence-corrected chi connectivity index (χ0v) is 9.62. The van der Waals surface area contributed by atoms with Crippen LogP contribution in [0.25, 0.3) is 0 Å². The SMILES string of the molecule is CC(C=O)c1ccc(P(C)(C)=O)cc1. The second-order valence-electron chi connectivity index (χ2n) is 3.87. The van der Waals surface area contributed by atoms with Crippen LogP contribution in [0.1, 0.15) is 18.4 Å². The lowest BCUT2D eigenvalue weighted by Gasteiger charge is -2.09. The first-order chi connectivity index (χ1) is 6.45. The molecule has 0 aromatic heterocycles. The largest absolute Gasteiger partial charge is 0.319 e. The van der Waals surface area contributed by atoms with Gasteiger partial charge in [-0.15, -0.1) is 0 Å².